The maximum Gasteiger partial charge on any atom is 0.416 e. The number of Topliss-reactive ketones (excluding diaryl/α,β-unsaturated/α-hetero) is 2. The number of pyridine rings is 2. The summed E-state index contributed by atoms with van der Waals surface area (Å²) in [5, 5.41) is 19.4. The van der Waals surface area contributed by atoms with E-state index in [9.17, 15) is 43.5 Å². The Balaban J connectivity index is 0.000000264. The molecule has 0 bridgehead atoms. The third kappa shape index (κ3) is 23.7. The first-order valence-corrected chi connectivity index (χ1v) is 34.4. The van der Waals surface area contributed by atoms with Crippen LogP contribution in [0, 0.1) is 13.8 Å². The van der Waals surface area contributed by atoms with Gasteiger partial charge in [0.1, 0.15) is 40.9 Å². The largest absolute Gasteiger partial charge is 0.507 e. The first kappa shape index (κ1) is 77.5. The van der Waals surface area contributed by atoms with Crippen molar-refractivity contribution in [1.82, 2.24) is 20.6 Å². The van der Waals surface area contributed by atoms with Gasteiger partial charge in [0.05, 0.1) is 40.2 Å². The van der Waals surface area contributed by atoms with Gasteiger partial charge >= 0.3 is 24.1 Å². The quantitative estimate of drug-likeness (QED) is 0.0291. The van der Waals surface area contributed by atoms with Crippen LogP contribution < -0.4 is 25.2 Å². The number of phenolic OH excluding ortho intramolecular Hbond substituents is 1. The number of carbonyl (C=O) groups excluding carboxylic acids is 8. The second-order valence-corrected chi connectivity index (χ2v) is 27.2. The summed E-state index contributed by atoms with van der Waals surface area (Å²) in [5.41, 5.74) is 7.03. The topological polar surface area (TPSA) is 259 Å². The molecule has 0 aliphatic heterocycles. The molecule has 7 aromatic carbocycles. The van der Waals surface area contributed by atoms with Gasteiger partial charge in [0, 0.05) is 73.8 Å². The van der Waals surface area contributed by atoms with Crippen molar-refractivity contribution in [2.75, 3.05) is 50.2 Å². The molecule has 9 rings (SSSR count). The van der Waals surface area contributed by atoms with Gasteiger partial charge < -0.3 is 39.4 Å². The van der Waals surface area contributed by atoms with E-state index in [4.69, 9.17) is 23.7 Å². The van der Waals surface area contributed by atoms with E-state index in [-0.39, 0.29) is 93.8 Å². The Morgan fingerprint density at radius 3 is 1.31 bits per heavy atom. The molecule has 0 aliphatic carbocycles. The minimum atomic E-state index is -0.704. The van der Waals surface area contributed by atoms with Crippen LogP contribution in [0.3, 0.4) is 0 Å². The molecule has 3 N–H and O–H groups in total. The van der Waals surface area contributed by atoms with E-state index in [1.165, 1.54) is 24.0 Å². The molecular formula is C83H92N6O14. The molecule has 0 saturated carbocycles. The van der Waals surface area contributed by atoms with Crippen molar-refractivity contribution in [3.05, 3.63) is 216 Å². The summed E-state index contributed by atoms with van der Waals surface area (Å²) in [6.07, 6.45) is 3.01. The molecule has 0 saturated heterocycles. The number of ether oxygens (including phenoxy) is 5. The average Bonchev–Trinajstić information content (AvgIpc) is 0.793. The number of benzene rings is 7. The number of methoxy groups -OCH3 is 2. The third-order valence-electron chi connectivity index (χ3n) is 16.8. The van der Waals surface area contributed by atoms with E-state index in [0.29, 0.717) is 31.1 Å². The fraction of sp³-hybridized carbons (Fsp3) is 0.325. The number of aryl methyl sites for hydroxylation is 2. The molecule has 2 heterocycles. The molecule has 2 aromatic heterocycles. The summed E-state index contributed by atoms with van der Waals surface area (Å²) in [7, 11) is 2.63. The second-order valence-electron chi connectivity index (χ2n) is 27.2. The predicted octanol–water partition coefficient (Wildman–Crippen LogP) is 15.6. The molecule has 0 fully saturated rings. The lowest BCUT2D eigenvalue weighted by molar-refractivity contribution is -0.142. The number of hydrogen-bond acceptors (Lipinski definition) is 16. The number of ketones is 2. The number of rotatable bonds is 29. The number of aromatic hydroxyl groups is 1. The Labute approximate surface area is 602 Å². The molecule has 0 spiro atoms. The number of phenols is 1. The lowest BCUT2D eigenvalue weighted by Gasteiger charge is -2.27. The Morgan fingerprint density at radius 1 is 0.476 bits per heavy atom. The van der Waals surface area contributed by atoms with Crippen LogP contribution in [0.5, 0.6) is 11.5 Å². The molecule has 103 heavy (non-hydrogen) atoms. The maximum atomic E-state index is 13.2. The zero-order valence-corrected chi connectivity index (χ0v) is 60.3. The number of hydrogen-bond donors (Lipinski definition) is 3. The molecule has 0 unspecified atom stereocenters. The highest BCUT2D eigenvalue weighted by atomic mass is 16.6. The highest BCUT2D eigenvalue weighted by molar-refractivity contribution is 6.01. The third-order valence-corrected chi connectivity index (χ3v) is 16.8. The van der Waals surface area contributed by atoms with Gasteiger partial charge in [0.15, 0.2) is 11.6 Å². The van der Waals surface area contributed by atoms with Crippen LogP contribution in [0.4, 0.5) is 21.2 Å². The summed E-state index contributed by atoms with van der Waals surface area (Å²) in [6, 6.07) is 56.0. The number of aromatic nitrogens is 2. The number of esters is 2. The lowest BCUT2D eigenvalue weighted by atomic mass is 9.89. The molecular weight excluding hydrogens is 1300 g/mol. The number of nitrogens with zero attached hydrogens (tertiary/aromatic N) is 4. The molecule has 4 amide bonds. The number of amides is 4. The van der Waals surface area contributed by atoms with E-state index < -0.39 is 47.2 Å². The summed E-state index contributed by atoms with van der Waals surface area (Å²) in [5.74, 6) is -1.00. The smallest absolute Gasteiger partial charge is 0.416 e. The normalized spacial score (nSPS) is 11.8. The Hall–Kier alpha value is -11.3. The summed E-state index contributed by atoms with van der Waals surface area (Å²) >= 11 is 0. The van der Waals surface area contributed by atoms with Crippen molar-refractivity contribution >= 4 is 80.7 Å². The second kappa shape index (κ2) is 36.9. The van der Waals surface area contributed by atoms with Crippen LogP contribution >= 0.6 is 0 Å². The highest BCUT2D eigenvalue weighted by Gasteiger charge is 2.28. The Bertz CT molecular complexity index is 4410. The van der Waals surface area contributed by atoms with Gasteiger partial charge in [-0.3, -0.25) is 38.6 Å². The minimum Gasteiger partial charge on any atom is -0.507 e. The van der Waals surface area contributed by atoms with Gasteiger partial charge in [-0.05, 0) is 165 Å². The summed E-state index contributed by atoms with van der Waals surface area (Å²) in [6.45, 7) is 15.0. The van der Waals surface area contributed by atoms with Crippen LogP contribution in [0.1, 0.15) is 133 Å². The molecule has 2 atom stereocenters. The van der Waals surface area contributed by atoms with Crippen LogP contribution in [0.25, 0.3) is 43.8 Å². The average molecular weight is 1400 g/mol. The fourth-order valence-electron chi connectivity index (χ4n) is 11.6. The maximum absolute atomic E-state index is 13.2. The van der Waals surface area contributed by atoms with E-state index in [1.54, 1.807) is 72.1 Å². The van der Waals surface area contributed by atoms with Gasteiger partial charge in [-0.25, -0.2) is 19.6 Å². The number of fused-ring (bicyclic) bond motifs is 2. The van der Waals surface area contributed by atoms with Crippen LogP contribution in [0.15, 0.2) is 188 Å². The standard InChI is InChI=1S/C45H49N3O7.C38H43N3O7/c1-31-23-24-46-41(26-31)48(44(52)55-45(2,3)4)25-11-16-42(50)47-29-36(49)27-35(28-43(51)53-5)33-17-19-34(20-18-33)37-21-22-40(39-15-10-9-14-38(37)39)54-30-32-12-7-6-8-13-32;1-25-18-19-39-34(21-25)41(37(46)48-38(2,3)4)20-8-11-35(44)40-24-29(42)22-28(23-36(45)47-5)26-12-14-27(15-13-26)30-16-17-33(43)32-10-7-6-9-31(30)32/h6-10,12-15,17-24,26,35H,11,16,25,27-30H2,1-5H3,(H,47,50);6-7,9-10,12-19,21,28,43H,8,11,20,22-24H2,1-5H3,(H,40,44)/t35-;28-/m00/s1. The molecule has 9 aromatic rings. The van der Waals surface area contributed by atoms with E-state index >= 15 is 0 Å². The molecule has 20 heteroatoms. The fourth-order valence-corrected chi connectivity index (χ4v) is 11.6. The van der Waals surface area contributed by atoms with Crippen molar-refractivity contribution < 1.29 is 67.1 Å². The van der Waals surface area contributed by atoms with Gasteiger partial charge in [-0.2, -0.15) is 0 Å². The monoisotopic (exact) mass is 1400 g/mol. The Kier molecular flexibility index (Phi) is 27.7. The van der Waals surface area contributed by atoms with Gasteiger partial charge in [-0.1, -0.05) is 140 Å². The van der Waals surface area contributed by atoms with Crippen LogP contribution in [0.2, 0.25) is 0 Å². The highest BCUT2D eigenvalue weighted by Crippen LogP contribution is 2.38. The zero-order chi connectivity index (χ0) is 74.2. The van der Waals surface area contributed by atoms with Crippen molar-refractivity contribution in [1.29, 1.82) is 0 Å². The first-order chi connectivity index (χ1) is 49.2. The van der Waals surface area contributed by atoms with Gasteiger partial charge in [0.2, 0.25) is 11.8 Å². The number of anilines is 2. The number of nitrogens with one attached hydrogen (secondary N) is 2. The van der Waals surface area contributed by atoms with E-state index in [2.05, 4.69) is 26.7 Å². The van der Waals surface area contributed by atoms with Crippen LogP contribution in [-0.2, 0) is 54.3 Å². The summed E-state index contributed by atoms with van der Waals surface area (Å²) < 4.78 is 27.2. The van der Waals surface area contributed by atoms with Crippen molar-refractivity contribution in [2.45, 2.75) is 136 Å². The SMILES string of the molecule is COC(=O)C[C@H](CC(=O)CNC(=O)CCCN(C(=O)OC(C)(C)C)c1cc(C)ccn1)c1ccc(-c2ccc(O)c3ccccc23)cc1.COC(=O)C[C@H](CC(=O)CNC(=O)CCCN(C(=O)OC(C)(C)C)c1cc(C)ccn1)c1ccc(-c2ccc(OCc3ccccc3)c3ccccc23)cc1. The molecule has 538 valence electrons. The van der Waals surface area contributed by atoms with Gasteiger partial charge in [-0.15, -0.1) is 0 Å². The van der Waals surface area contributed by atoms with E-state index in [0.717, 1.165) is 77.4 Å². The van der Waals surface area contributed by atoms with Crippen molar-refractivity contribution in [3.63, 3.8) is 0 Å². The Morgan fingerprint density at radius 2 is 0.883 bits per heavy atom. The number of carbonyl (C=O) groups is 8. The van der Waals surface area contributed by atoms with Crippen molar-refractivity contribution in [2.24, 2.45) is 0 Å². The molecule has 0 radical (unpaired) electrons. The lowest BCUT2D eigenvalue weighted by Crippen LogP contribution is -2.38. The van der Waals surface area contributed by atoms with Gasteiger partial charge in [0.25, 0.3) is 0 Å². The summed E-state index contributed by atoms with van der Waals surface area (Å²) in [4.78, 5) is 114. The molecule has 20 nitrogen and oxygen atoms in total. The van der Waals surface area contributed by atoms with Crippen molar-refractivity contribution in [3.8, 4) is 33.8 Å². The first-order valence-electron chi connectivity index (χ1n) is 34.4. The van der Waals surface area contributed by atoms with E-state index in [1.807, 2.05) is 166 Å². The zero-order valence-electron chi connectivity index (χ0n) is 60.3. The molecule has 0 aliphatic rings. The minimum absolute atomic E-state index is 0.00513. The van der Waals surface area contributed by atoms with Crippen LogP contribution in [-0.4, -0.2) is 114 Å². The predicted molar refractivity (Wildman–Crippen MR) is 399 cm³/mol.